The number of aromatic nitrogens is 3. The zero-order chi connectivity index (χ0) is 19.7. The first kappa shape index (κ1) is 16.1. The van der Waals surface area contributed by atoms with Crippen LogP contribution in [0, 0.1) is 0 Å². The predicted molar refractivity (Wildman–Crippen MR) is 127 cm³/mol. The molecule has 7 rings (SSSR count). The van der Waals surface area contributed by atoms with Gasteiger partial charge in [-0.2, -0.15) is 0 Å². The van der Waals surface area contributed by atoms with E-state index < -0.39 is 0 Å². The summed E-state index contributed by atoms with van der Waals surface area (Å²) in [6.07, 6.45) is 3.58. The molecule has 0 bridgehead atoms. The topological polar surface area (TPSA) is 41.6 Å². The van der Waals surface area contributed by atoms with Crippen LogP contribution in [0.15, 0.2) is 85.2 Å². The van der Waals surface area contributed by atoms with Crippen molar-refractivity contribution in [1.82, 2.24) is 15.0 Å². The van der Waals surface area contributed by atoms with Crippen LogP contribution in [0.3, 0.4) is 0 Å². The summed E-state index contributed by atoms with van der Waals surface area (Å²) in [5.41, 5.74) is 3.37. The van der Waals surface area contributed by atoms with Crippen molar-refractivity contribution in [3.63, 3.8) is 0 Å². The number of aromatic amines is 1. The van der Waals surface area contributed by atoms with Gasteiger partial charge in [-0.15, -0.1) is 11.3 Å². The Morgan fingerprint density at radius 3 is 2.30 bits per heavy atom. The minimum Gasteiger partial charge on any atom is -0.354 e. The molecular weight excluding hydrogens is 386 g/mol. The number of hydrogen-bond acceptors (Lipinski definition) is 3. The molecule has 140 valence electrons. The summed E-state index contributed by atoms with van der Waals surface area (Å²) in [5.74, 6) is 0.751. The fraction of sp³-hybridized carbons (Fsp3) is 0. The second-order valence-corrected chi connectivity index (χ2v) is 8.61. The molecule has 0 radical (unpaired) electrons. The van der Waals surface area contributed by atoms with E-state index in [0.717, 1.165) is 16.9 Å². The van der Waals surface area contributed by atoms with Crippen molar-refractivity contribution in [2.45, 2.75) is 0 Å². The van der Waals surface area contributed by atoms with E-state index in [1.165, 1.54) is 47.2 Å². The van der Waals surface area contributed by atoms with E-state index in [1.54, 1.807) is 12.4 Å². The van der Waals surface area contributed by atoms with Crippen LogP contribution in [0.1, 0.15) is 0 Å². The number of thiophene rings is 1. The Hall–Kier alpha value is -3.76. The van der Waals surface area contributed by atoms with Gasteiger partial charge in [0.25, 0.3) is 0 Å². The van der Waals surface area contributed by atoms with Crippen molar-refractivity contribution in [1.29, 1.82) is 0 Å². The highest BCUT2D eigenvalue weighted by molar-refractivity contribution is 7.27. The average molecular weight is 401 g/mol. The Balaban J connectivity index is 1.75. The smallest absolute Gasteiger partial charge is 0.159 e. The second-order valence-electron chi connectivity index (χ2n) is 7.56. The molecule has 4 heteroatoms. The summed E-state index contributed by atoms with van der Waals surface area (Å²) in [7, 11) is 0. The zero-order valence-corrected chi connectivity index (χ0v) is 16.7. The van der Waals surface area contributed by atoms with Gasteiger partial charge in [0.2, 0.25) is 0 Å². The van der Waals surface area contributed by atoms with Crippen LogP contribution in [0.25, 0.3) is 64.1 Å². The molecule has 0 aliphatic heterocycles. The lowest BCUT2D eigenvalue weighted by molar-refractivity contribution is 1.18. The number of nitrogens with one attached hydrogen (secondary N) is 1. The quantitative estimate of drug-likeness (QED) is 0.313. The monoisotopic (exact) mass is 401 g/mol. The Morgan fingerprint density at radius 1 is 0.667 bits per heavy atom. The third-order valence-electron chi connectivity index (χ3n) is 5.91. The van der Waals surface area contributed by atoms with Crippen molar-refractivity contribution in [3.8, 4) is 11.4 Å². The number of nitrogens with zero attached hydrogens (tertiary/aromatic N) is 2. The number of hydrogen-bond donors (Lipinski definition) is 1. The molecule has 0 saturated heterocycles. The molecule has 0 aliphatic rings. The van der Waals surface area contributed by atoms with Crippen LogP contribution in [-0.2, 0) is 0 Å². The van der Waals surface area contributed by atoms with Crippen molar-refractivity contribution < 1.29 is 0 Å². The number of benzene rings is 4. The zero-order valence-electron chi connectivity index (χ0n) is 15.9. The Bertz CT molecular complexity index is 1740. The minimum atomic E-state index is 0.751. The molecule has 1 N–H and O–H groups in total. The molecule has 0 unspecified atom stereocenters. The maximum absolute atomic E-state index is 4.45. The fourth-order valence-corrected chi connectivity index (χ4v) is 5.87. The van der Waals surface area contributed by atoms with Gasteiger partial charge in [-0.1, -0.05) is 42.5 Å². The molecule has 0 amide bonds. The van der Waals surface area contributed by atoms with E-state index in [4.69, 9.17) is 0 Å². The maximum Gasteiger partial charge on any atom is 0.159 e. The van der Waals surface area contributed by atoms with Crippen molar-refractivity contribution in [3.05, 3.63) is 85.2 Å². The Kier molecular flexibility index (Phi) is 3.15. The Labute approximate surface area is 175 Å². The highest BCUT2D eigenvalue weighted by Crippen LogP contribution is 2.46. The minimum absolute atomic E-state index is 0.751. The molecule has 0 spiro atoms. The number of fused-ring (bicyclic) bond motifs is 10. The second kappa shape index (κ2) is 5.88. The summed E-state index contributed by atoms with van der Waals surface area (Å²) in [4.78, 5) is 12.6. The van der Waals surface area contributed by atoms with Crippen LogP contribution in [0.4, 0.5) is 0 Å². The van der Waals surface area contributed by atoms with E-state index in [2.05, 4.69) is 81.7 Å². The average Bonchev–Trinajstić information content (AvgIpc) is 3.38. The van der Waals surface area contributed by atoms with Crippen molar-refractivity contribution >= 4 is 64.1 Å². The highest BCUT2D eigenvalue weighted by Gasteiger charge is 2.18. The molecule has 3 heterocycles. The van der Waals surface area contributed by atoms with Gasteiger partial charge in [0.05, 0.1) is 5.52 Å². The van der Waals surface area contributed by atoms with Crippen LogP contribution in [0.5, 0.6) is 0 Å². The normalized spacial score (nSPS) is 12.0. The van der Waals surface area contributed by atoms with E-state index in [9.17, 15) is 0 Å². The number of rotatable bonds is 1. The molecule has 0 aliphatic carbocycles. The fourth-order valence-electron chi connectivity index (χ4n) is 4.62. The summed E-state index contributed by atoms with van der Waals surface area (Å²) in [5, 5.41) is 7.72. The summed E-state index contributed by atoms with van der Waals surface area (Å²) in [6, 6.07) is 25.7. The first-order valence-electron chi connectivity index (χ1n) is 9.93. The highest BCUT2D eigenvalue weighted by atomic mass is 32.1. The third-order valence-corrected chi connectivity index (χ3v) is 7.11. The lowest BCUT2D eigenvalue weighted by Crippen LogP contribution is -1.86. The first-order chi connectivity index (χ1) is 14.9. The third kappa shape index (κ3) is 2.09. The molecule has 0 fully saturated rings. The molecule has 4 aromatic carbocycles. The maximum atomic E-state index is 4.45. The van der Waals surface area contributed by atoms with Gasteiger partial charge >= 0.3 is 0 Å². The molecule has 3 nitrogen and oxygen atoms in total. The molecule has 7 aromatic rings. The van der Waals surface area contributed by atoms with E-state index in [0.29, 0.717) is 0 Å². The molecule has 30 heavy (non-hydrogen) atoms. The van der Waals surface area contributed by atoms with E-state index in [1.807, 2.05) is 17.4 Å². The van der Waals surface area contributed by atoms with Gasteiger partial charge < -0.3 is 4.98 Å². The standard InChI is InChI=1S/C26H15N3S/c1-2-7-17-16(6-1)24-22(23-18-8-3-4-9-21(18)30-25(17)23)19-14-15(10-11-20(19)29-24)26-27-12-5-13-28-26/h1-14,29H. The number of H-pyrrole nitrogens is 1. The van der Waals surface area contributed by atoms with Crippen molar-refractivity contribution in [2.24, 2.45) is 0 Å². The van der Waals surface area contributed by atoms with Crippen LogP contribution < -0.4 is 0 Å². The lowest BCUT2D eigenvalue weighted by Gasteiger charge is -2.04. The van der Waals surface area contributed by atoms with Crippen LogP contribution in [-0.4, -0.2) is 15.0 Å². The molecular formula is C26H15N3S. The van der Waals surface area contributed by atoms with Gasteiger partial charge in [-0.25, -0.2) is 9.97 Å². The van der Waals surface area contributed by atoms with Crippen LogP contribution in [0.2, 0.25) is 0 Å². The van der Waals surface area contributed by atoms with Gasteiger partial charge in [-0.05, 0) is 30.3 Å². The van der Waals surface area contributed by atoms with Crippen LogP contribution >= 0.6 is 11.3 Å². The predicted octanol–water partition coefficient (Wildman–Crippen LogP) is 7.30. The molecule has 0 saturated carbocycles. The van der Waals surface area contributed by atoms with Gasteiger partial charge in [0.15, 0.2) is 5.82 Å². The Morgan fingerprint density at radius 2 is 1.43 bits per heavy atom. The van der Waals surface area contributed by atoms with E-state index >= 15 is 0 Å². The molecule has 3 aromatic heterocycles. The first-order valence-corrected chi connectivity index (χ1v) is 10.7. The summed E-state index contributed by atoms with van der Waals surface area (Å²) < 4.78 is 2.67. The lowest BCUT2D eigenvalue weighted by atomic mass is 9.99. The molecule has 0 atom stereocenters. The summed E-state index contributed by atoms with van der Waals surface area (Å²) >= 11 is 1.88. The summed E-state index contributed by atoms with van der Waals surface area (Å²) in [6.45, 7) is 0. The SMILES string of the molecule is c1cnc(-c2ccc3[nH]c4c5ccccc5c5sc6ccccc6c5c4c3c2)nc1. The van der Waals surface area contributed by atoms with Gasteiger partial charge in [0.1, 0.15) is 0 Å². The van der Waals surface area contributed by atoms with Gasteiger partial charge in [0, 0.05) is 65.2 Å². The van der Waals surface area contributed by atoms with E-state index in [-0.39, 0.29) is 0 Å². The largest absolute Gasteiger partial charge is 0.354 e. The van der Waals surface area contributed by atoms with Crippen molar-refractivity contribution in [2.75, 3.05) is 0 Å². The van der Waals surface area contributed by atoms with Gasteiger partial charge in [-0.3, -0.25) is 0 Å².